The Morgan fingerprint density at radius 3 is 2.43 bits per heavy atom. The highest BCUT2D eigenvalue weighted by Gasteiger charge is 2.63. The summed E-state index contributed by atoms with van der Waals surface area (Å²) in [4.78, 5) is 0. The van der Waals surface area contributed by atoms with E-state index in [2.05, 4.69) is 47.6 Å². The van der Waals surface area contributed by atoms with Crippen molar-refractivity contribution in [1.29, 1.82) is 0 Å². The topological polar surface area (TPSA) is 20.2 Å². The minimum Gasteiger partial charge on any atom is -0.393 e. The molecule has 172 valence electrons. The first-order chi connectivity index (χ1) is 14.2. The maximum atomic E-state index is 10.2. The molecule has 4 aliphatic rings. The van der Waals surface area contributed by atoms with Crippen LogP contribution in [-0.2, 0) is 0 Å². The van der Waals surface area contributed by atoms with Crippen LogP contribution in [0.25, 0.3) is 0 Å². The molecule has 1 nitrogen and oxygen atoms in total. The van der Waals surface area contributed by atoms with Gasteiger partial charge in [0, 0.05) is 0 Å². The molecule has 30 heavy (non-hydrogen) atoms. The van der Waals surface area contributed by atoms with Crippen molar-refractivity contribution in [2.75, 3.05) is 0 Å². The molecule has 4 rings (SSSR count). The Morgan fingerprint density at radius 1 is 1.00 bits per heavy atom. The number of hydrogen-bond acceptors (Lipinski definition) is 1. The van der Waals surface area contributed by atoms with Gasteiger partial charge in [-0.1, -0.05) is 66.0 Å². The molecule has 9 atom stereocenters. The van der Waals surface area contributed by atoms with Gasteiger partial charge < -0.3 is 5.11 Å². The number of allylic oxidation sites excluding steroid dienone is 1. The van der Waals surface area contributed by atoms with Gasteiger partial charge in [-0.15, -0.1) is 0 Å². The SMILES string of the molecule is CC[C@H](CC[C@@H](C)[C@H]1CC[C@@]2(C)[C@@H]3CC=C4C[C@@H](O)CC[C@H]4[C@H]3CC[C@]12C)C(C)C. The molecule has 0 aliphatic heterocycles. The molecule has 3 saturated carbocycles. The van der Waals surface area contributed by atoms with E-state index in [0.717, 1.165) is 54.3 Å². The van der Waals surface area contributed by atoms with Crippen LogP contribution in [0.5, 0.6) is 0 Å². The highest BCUT2D eigenvalue weighted by Crippen LogP contribution is 2.71. The van der Waals surface area contributed by atoms with Crippen LogP contribution in [0, 0.1) is 52.3 Å². The molecule has 0 aromatic rings. The summed E-state index contributed by atoms with van der Waals surface area (Å²) in [5, 5.41) is 10.2. The van der Waals surface area contributed by atoms with E-state index in [1.807, 2.05) is 0 Å². The predicted molar refractivity (Wildman–Crippen MR) is 128 cm³/mol. The summed E-state index contributed by atoms with van der Waals surface area (Å²) >= 11 is 0. The van der Waals surface area contributed by atoms with Crippen LogP contribution in [0.15, 0.2) is 11.6 Å². The van der Waals surface area contributed by atoms with Crippen LogP contribution in [-0.4, -0.2) is 11.2 Å². The summed E-state index contributed by atoms with van der Waals surface area (Å²) in [5.74, 6) is 6.12. The highest BCUT2D eigenvalue weighted by molar-refractivity contribution is 5.22. The maximum Gasteiger partial charge on any atom is 0.0577 e. The van der Waals surface area contributed by atoms with Crippen LogP contribution >= 0.6 is 0 Å². The first-order valence-electron chi connectivity index (χ1n) is 13.6. The van der Waals surface area contributed by atoms with Crippen molar-refractivity contribution in [3.05, 3.63) is 11.6 Å². The second kappa shape index (κ2) is 8.57. The van der Waals surface area contributed by atoms with E-state index >= 15 is 0 Å². The second-order valence-corrected chi connectivity index (χ2v) is 12.8. The standard InChI is InChI=1S/C29H50O/c1-7-21(19(2)3)9-8-20(4)26-15-17-29(6)27-13-10-22-18-23(30)11-12-24(22)25(27)14-16-28(26,29)5/h10,19-21,23-27,30H,7-9,11-18H2,1-6H3/t20-,21-,23+,24-,25-,26-,27-,28-,29+/m1/s1. The fourth-order valence-electron chi connectivity index (χ4n) is 9.30. The number of fused-ring (bicyclic) bond motifs is 5. The van der Waals surface area contributed by atoms with E-state index in [4.69, 9.17) is 0 Å². The van der Waals surface area contributed by atoms with Gasteiger partial charge in [0.1, 0.15) is 0 Å². The molecule has 3 fully saturated rings. The van der Waals surface area contributed by atoms with Crippen molar-refractivity contribution in [2.45, 2.75) is 118 Å². The molecule has 0 saturated heterocycles. The lowest BCUT2D eigenvalue weighted by molar-refractivity contribution is -0.0948. The van der Waals surface area contributed by atoms with Gasteiger partial charge in [0.2, 0.25) is 0 Å². The van der Waals surface area contributed by atoms with Crippen LogP contribution in [0.4, 0.5) is 0 Å². The molecular formula is C29H50O. The zero-order valence-corrected chi connectivity index (χ0v) is 20.9. The van der Waals surface area contributed by atoms with Crippen molar-refractivity contribution < 1.29 is 5.11 Å². The van der Waals surface area contributed by atoms with Gasteiger partial charge in [-0.05, 0) is 110 Å². The van der Waals surface area contributed by atoms with Crippen molar-refractivity contribution in [2.24, 2.45) is 52.3 Å². The number of hydrogen-bond donors (Lipinski definition) is 1. The molecular weight excluding hydrogens is 364 g/mol. The second-order valence-electron chi connectivity index (χ2n) is 12.8. The molecule has 0 unspecified atom stereocenters. The van der Waals surface area contributed by atoms with E-state index in [1.54, 1.807) is 5.57 Å². The van der Waals surface area contributed by atoms with Crippen LogP contribution in [0.3, 0.4) is 0 Å². The van der Waals surface area contributed by atoms with Gasteiger partial charge in [-0.25, -0.2) is 0 Å². The molecule has 0 aromatic carbocycles. The summed E-state index contributed by atoms with van der Waals surface area (Å²) < 4.78 is 0. The van der Waals surface area contributed by atoms with Gasteiger partial charge in [-0.2, -0.15) is 0 Å². The van der Waals surface area contributed by atoms with E-state index in [9.17, 15) is 5.11 Å². The first kappa shape index (κ1) is 22.9. The Labute approximate surface area is 187 Å². The van der Waals surface area contributed by atoms with Gasteiger partial charge in [-0.3, -0.25) is 0 Å². The van der Waals surface area contributed by atoms with Gasteiger partial charge >= 0.3 is 0 Å². The normalized spacial score (nSPS) is 45.3. The Bertz CT molecular complexity index is 634. The Balaban J connectivity index is 1.49. The van der Waals surface area contributed by atoms with Gasteiger partial charge in [0.25, 0.3) is 0 Å². The molecule has 0 spiro atoms. The minimum atomic E-state index is -0.0667. The fourth-order valence-corrected chi connectivity index (χ4v) is 9.30. The highest BCUT2D eigenvalue weighted by atomic mass is 16.3. The average Bonchev–Trinajstić information content (AvgIpc) is 2.99. The predicted octanol–water partition coefficient (Wildman–Crippen LogP) is 8.02. The summed E-state index contributed by atoms with van der Waals surface area (Å²) in [5.41, 5.74) is 2.69. The third-order valence-corrected chi connectivity index (χ3v) is 11.5. The van der Waals surface area contributed by atoms with Crippen molar-refractivity contribution >= 4 is 0 Å². The monoisotopic (exact) mass is 414 g/mol. The molecule has 0 bridgehead atoms. The molecule has 0 heterocycles. The smallest absolute Gasteiger partial charge is 0.0577 e. The van der Waals surface area contributed by atoms with E-state index in [0.29, 0.717) is 10.8 Å². The fraction of sp³-hybridized carbons (Fsp3) is 0.931. The van der Waals surface area contributed by atoms with Crippen LogP contribution in [0.1, 0.15) is 112 Å². The van der Waals surface area contributed by atoms with Crippen LogP contribution < -0.4 is 0 Å². The summed E-state index contributed by atoms with van der Waals surface area (Å²) in [6, 6.07) is 0. The average molecular weight is 415 g/mol. The van der Waals surface area contributed by atoms with Gasteiger partial charge in [0.15, 0.2) is 0 Å². The van der Waals surface area contributed by atoms with Crippen molar-refractivity contribution in [3.8, 4) is 0 Å². The third kappa shape index (κ3) is 3.64. The number of rotatable bonds is 6. The van der Waals surface area contributed by atoms with E-state index in [1.165, 1.54) is 57.8 Å². The Hall–Kier alpha value is -0.300. The van der Waals surface area contributed by atoms with Crippen LogP contribution in [0.2, 0.25) is 0 Å². The lowest BCUT2D eigenvalue weighted by Crippen LogP contribution is -2.53. The zero-order valence-electron chi connectivity index (χ0n) is 20.9. The lowest BCUT2D eigenvalue weighted by Gasteiger charge is -2.60. The van der Waals surface area contributed by atoms with Crippen molar-refractivity contribution in [3.63, 3.8) is 0 Å². The molecule has 0 radical (unpaired) electrons. The molecule has 1 N–H and O–H groups in total. The van der Waals surface area contributed by atoms with E-state index < -0.39 is 0 Å². The third-order valence-electron chi connectivity index (χ3n) is 11.5. The summed E-state index contributed by atoms with van der Waals surface area (Å²) in [6.07, 6.45) is 17.1. The number of aliphatic hydroxyl groups excluding tert-OH is 1. The molecule has 4 aliphatic carbocycles. The first-order valence-corrected chi connectivity index (χ1v) is 13.6. The molecule has 0 aromatic heterocycles. The Kier molecular flexibility index (Phi) is 6.53. The van der Waals surface area contributed by atoms with Gasteiger partial charge in [0.05, 0.1) is 6.10 Å². The summed E-state index contributed by atoms with van der Waals surface area (Å²) in [6.45, 7) is 15.2. The van der Waals surface area contributed by atoms with Crippen molar-refractivity contribution in [1.82, 2.24) is 0 Å². The summed E-state index contributed by atoms with van der Waals surface area (Å²) in [7, 11) is 0. The number of aliphatic hydroxyl groups is 1. The lowest BCUT2D eigenvalue weighted by atomic mass is 9.45. The maximum absolute atomic E-state index is 10.2. The Morgan fingerprint density at radius 2 is 1.73 bits per heavy atom. The molecule has 1 heteroatoms. The minimum absolute atomic E-state index is 0.0667. The quantitative estimate of drug-likeness (QED) is 0.436. The zero-order chi connectivity index (χ0) is 21.7. The van der Waals surface area contributed by atoms with E-state index in [-0.39, 0.29) is 6.10 Å². The molecule has 0 amide bonds. The largest absolute Gasteiger partial charge is 0.393 e.